The summed E-state index contributed by atoms with van der Waals surface area (Å²) >= 11 is 0. The number of hydrogen-bond acceptors (Lipinski definition) is 2. The number of nitrogens with one attached hydrogen (secondary N) is 1. The lowest BCUT2D eigenvalue weighted by Gasteiger charge is -2.20. The van der Waals surface area contributed by atoms with Gasteiger partial charge in [-0.15, -0.1) is 0 Å². The third-order valence-electron chi connectivity index (χ3n) is 3.58. The molecule has 2 aromatic rings. The molecule has 0 saturated heterocycles. The molecule has 3 heteroatoms. The molecular weight excluding hydrogens is 262 g/mol. The zero-order chi connectivity index (χ0) is 15.2. The van der Waals surface area contributed by atoms with Gasteiger partial charge in [-0.2, -0.15) is 0 Å². The summed E-state index contributed by atoms with van der Waals surface area (Å²) in [6.07, 6.45) is 0. The van der Waals surface area contributed by atoms with E-state index in [0.29, 0.717) is 0 Å². The Bertz CT molecular complexity index is 608. The van der Waals surface area contributed by atoms with Gasteiger partial charge in [0, 0.05) is 7.11 Å². The largest absolute Gasteiger partial charge is 0.375 e. The lowest BCUT2D eigenvalue weighted by Crippen LogP contribution is -2.32. The maximum absolute atomic E-state index is 11.9. The predicted molar refractivity (Wildman–Crippen MR) is 84.2 cm³/mol. The summed E-state index contributed by atoms with van der Waals surface area (Å²) in [5.41, 5.74) is 4.60. The highest BCUT2D eigenvalue weighted by Gasteiger charge is 2.17. The van der Waals surface area contributed by atoms with Gasteiger partial charge in [0.2, 0.25) is 5.91 Å². The molecule has 21 heavy (non-hydrogen) atoms. The van der Waals surface area contributed by atoms with Crippen LogP contribution in [0.2, 0.25) is 0 Å². The zero-order valence-electron chi connectivity index (χ0n) is 12.7. The van der Waals surface area contributed by atoms with E-state index >= 15 is 0 Å². The SMILES string of the molecule is COCC(=O)N[C@@H](c1ccccc1)c1ccc(C)c(C)c1. The molecule has 110 valence electrons. The van der Waals surface area contributed by atoms with E-state index in [1.807, 2.05) is 30.3 Å². The van der Waals surface area contributed by atoms with Crippen molar-refractivity contribution in [2.45, 2.75) is 19.9 Å². The molecule has 1 N–H and O–H groups in total. The number of benzene rings is 2. The Morgan fingerprint density at radius 3 is 2.38 bits per heavy atom. The number of hydrogen-bond donors (Lipinski definition) is 1. The summed E-state index contributed by atoms with van der Waals surface area (Å²) in [5.74, 6) is -0.121. The molecule has 1 atom stereocenters. The number of ether oxygens (including phenoxy) is 1. The summed E-state index contributed by atoms with van der Waals surface area (Å²) in [5, 5.41) is 3.03. The van der Waals surface area contributed by atoms with Crippen molar-refractivity contribution in [3.05, 3.63) is 70.8 Å². The van der Waals surface area contributed by atoms with Crippen LogP contribution in [0.4, 0.5) is 0 Å². The average Bonchev–Trinajstić information content (AvgIpc) is 2.49. The minimum atomic E-state index is -0.159. The van der Waals surface area contributed by atoms with Gasteiger partial charge in [0.25, 0.3) is 0 Å². The number of rotatable bonds is 5. The van der Waals surface area contributed by atoms with Crippen molar-refractivity contribution in [1.82, 2.24) is 5.32 Å². The molecule has 1 amide bonds. The second-order valence-corrected chi connectivity index (χ2v) is 5.19. The smallest absolute Gasteiger partial charge is 0.246 e. The van der Waals surface area contributed by atoms with Gasteiger partial charge >= 0.3 is 0 Å². The summed E-state index contributed by atoms with van der Waals surface area (Å²) in [7, 11) is 1.52. The Labute approximate surface area is 126 Å². The third-order valence-corrected chi connectivity index (χ3v) is 3.58. The second-order valence-electron chi connectivity index (χ2n) is 5.19. The fraction of sp³-hybridized carbons (Fsp3) is 0.278. The van der Waals surface area contributed by atoms with E-state index in [1.54, 1.807) is 0 Å². The van der Waals surface area contributed by atoms with Crippen molar-refractivity contribution < 1.29 is 9.53 Å². The lowest BCUT2D eigenvalue weighted by molar-refractivity contribution is -0.125. The highest BCUT2D eigenvalue weighted by atomic mass is 16.5. The van der Waals surface area contributed by atoms with Crippen LogP contribution in [-0.2, 0) is 9.53 Å². The van der Waals surface area contributed by atoms with Crippen LogP contribution in [0.5, 0.6) is 0 Å². The van der Waals surface area contributed by atoms with Gasteiger partial charge < -0.3 is 10.1 Å². The standard InChI is InChI=1S/C18H21NO2/c1-13-9-10-16(11-14(13)2)18(19-17(20)12-21-3)15-7-5-4-6-8-15/h4-11,18H,12H2,1-3H3,(H,19,20)/t18-/m0/s1. The second kappa shape index (κ2) is 7.04. The van der Waals surface area contributed by atoms with Crippen molar-refractivity contribution in [3.8, 4) is 0 Å². The Morgan fingerprint density at radius 1 is 1.05 bits per heavy atom. The van der Waals surface area contributed by atoms with Crippen LogP contribution in [0.15, 0.2) is 48.5 Å². The number of aryl methyl sites for hydroxylation is 2. The van der Waals surface area contributed by atoms with Crippen LogP contribution in [0, 0.1) is 13.8 Å². The molecule has 0 radical (unpaired) electrons. The molecule has 0 bridgehead atoms. The number of carbonyl (C=O) groups excluding carboxylic acids is 1. The number of methoxy groups -OCH3 is 1. The van der Waals surface area contributed by atoms with Crippen LogP contribution in [0.1, 0.15) is 28.3 Å². The van der Waals surface area contributed by atoms with E-state index in [1.165, 1.54) is 18.2 Å². The molecule has 0 fully saturated rings. The van der Waals surface area contributed by atoms with Crippen LogP contribution in [0.3, 0.4) is 0 Å². The first kappa shape index (κ1) is 15.3. The van der Waals surface area contributed by atoms with Gasteiger partial charge in [0.05, 0.1) is 6.04 Å². The summed E-state index contributed by atoms with van der Waals surface area (Å²) in [6.45, 7) is 4.23. The van der Waals surface area contributed by atoms with E-state index in [9.17, 15) is 4.79 Å². The van der Waals surface area contributed by atoms with Crippen molar-refractivity contribution in [2.24, 2.45) is 0 Å². The average molecular weight is 283 g/mol. The summed E-state index contributed by atoms with van der Waals surface area (Å²) < 4.78 is 4.91. The molecular formula is C18H21NO2. The van der Waals surface area contributed by atoms with Crippen LogP contribution < -0.4 is 5.32 Å². The highest BCUT2D eigenvalue weighted by molar-refractivity contribution is 5.78. The van der Waals surface area contributed by atoms with E-state index < -0.39 is 0 Å². The monoisotopic (exact) mass is 283 g/mol. The normalized spacial score (nSPS) is 12.0. The molecule has 0 unspecified atom stereocenters. The lowest BCUT2D eigenvalue weighted by atomic mass is 9.95. The van der Waals surface area contributed by atoms with E-state index in [-0.39, 0.29) is 18.6 Å². The van der Waals surface area contributed by atoms with Crippen LogP contribution in [0.25, 0.3) is 0 Å². The van der Waals surface area contributed by atoms with Gasteiger partial charge in [0.15, 0.2) is 0 Å². The Morgan fingerprint density at radius 2 is 1.76 bits per heavy atom. The van der Waals surface area contributed by atoms with E-state index in [2.05, 4.69) is 37.4 Å². The molecule has 0 aliphatic rings. The zero-order valence-corrected chi connectivity index (χ0v) is 12.7. The molecule has 0 aliphatic heterocycles. The first-order valence-corrected chi connectivity index (χ1v) is 7.02. The van der Waals surface area contributed by atoms with Gasteiger partial charge in [-0.25, -0.2) is 0 Å². The molecule has 0 aromatic heterocycles. The summed E-state index contributed by atoms with van der Waals surface area (Å²) in [4.78, 5) is 11.9. The third kappa shape index (κ3) is 3.92. The molecule has 3 nitrogen and oxygen atoms in total. The van der Waals surface area contributed by atoms with Gasteiger partial charge in [-0.05, 0) is 36.1 Å². The number of carbonyl (C=O) groups is 1. The highest BCUT2D eigenvalue weighted by Crippen LogP contribution is 2.24. The molecule has 0 heterocycles. The van der Waals surface area contributed by atoms with Crippen molar-refractivity contribution in [1.29, 1.82) is 0 Å². The van der Waals surface area contributed by atoms with Gasteiger partial charge in [-0.3, -0.25) is 4.79 Å². The van der Waals surface area contributed by atoms with E-state index in [4.69, 9.17) is 4.74 Å². The Hall–Kier alpha value is -2.13. The van der Waals surface area contributed by atoms with Crippen molar-refractivity contribution in [3.63, 3.8) is 0 Å². The maximum Gasteiger partial charge on any atom is 0.246 e. The topological polar surface area (TPSA) is 38.3 Å². The summed E-state index contributed by atoms with van der Waals surface area (Å²) in [6, 6.07) is 16.1. The maximum atomic E-state index is 11.9. The predicted octanol–water partition coefficient (Wildman–Crippen LogP) is 3.16. The van der Waals surface area contributed by atoms with Gasteiger partial charge in [-0.1, -0.05) is 48.5 Å². The van der Waals surface area contributed by atoms with Gasteiger partial charge in [0.1, 0.15) is 6.61 Å². The van der Waals surface area contributed by atoms with E-state index in [0.717, 1.165) is 11.1 Å². The van der Waals surface area contributed by atoms with Crippen LogP contribution in [-0.4, -0.2) is 19.6 Å². The van der Waals surface area contributed by atoms with Crippen molar-refractivity contribution >= 4 is 5.91 Å². The molecule has 0 spiro atoms. The molecule has 0 aliphatic carbocycles. The van der Waals surface area contributed by atoms with Crippen LogP contribution >= 0.6 is 0 Å². The minimum absolute atomic E-state index is 0.0637. The molecule has 0 saturated carbocycles. The minimum Gasteiger partial charge on any atom is -0.375 e. The number of amides is 1. The quantitative estimate of drug-likeness (QED) is 0.915. The Kier molecular flexibility index (Phi) is 5.12. The first-order chi connectivity index (χ1) is 10.1. The first-order valence-electron chi connectivity index (χ1n) is 7.02. The fourth-order valence-corrected chi connectivity index (χ4v) is 2.28. The fourth-order valence-electron chi connectivity index (χ4n) is 2.28. The Balaban J connectivity index is 2.35. The van der Waals surface area contributed by atoms with Crippen molar-refractivity contribution in [2.75, 3.05) is 13.7 Å². The molecule has 2 aromatic carbocycles. The molecule has 2 rings (SSSR count).